The number of hydrogen-bond acceptors (Lipinski definition) is 3. The van der Waals surface area contributed by atoms with Gasteiger partial charge in [0.05, 0.1) is 17.2 Å². The number of ether oxygens (including phenoxy) is 1. The zero-order chi connectivity index (χ0) is 18.6. The van der Waals surface area contributed by atoms with E-state index in [4.69, 9.17) is 40.2 Å². The van der Waals surface area contributed by atoms with E-state index in [9.17, 15) is 4.79 Å². The van der Waals surface area contributed by atoms with Gasteiger partial charge < -0.3 is 10.1 Å². The van der Waals surface area contributed by atoms with Gasteiger partial charge in [0.1, 0.15) is 0 Å². The van der Waals surface area contributed by atoms with E-state index in [2.05, 4.69) is 30.0 Å². The summed E-state index contributed by atoms with van der Waals surface area (Å²) in [5, 5.41) is 4.21. The molecule has 1 aromatic rings. The van der Waals surface area contributed by atoms with Gasteiger partial charge in [-0.25, -0.2) is 0 Å². The van der Waals surface area contributed by atoms with E-state index in [1.807, 2.05) is 0 Å². The first-order chi connectivity index (χ1) is 11.8. The van der Waals surface area contributed by atoms with E-state index < -0.39 is 0 Å². The lowest BCUT2D eigenvalue weighted by atomic mass is 9.78. The van der Waals surface area contributed by atoms with Crippen LogP contribution in [0.2, 0.25) is 10.0 Å². The number of carbonyl (C=O) groups excluding carboxylic acids is 1. The lowest BCUT2D eigenvalue weighted by molar-refractivity contribution is 0.0943. The number of thiocarbonyl (C=S) groups is 1. The second-order valence-electron chi connectivity index (χ2n) is 6.40. The Labute approximate surface area is 163 Å². The van der Waals surface area contributed by atoms with E-state index in [0.717, 1.165) is 6.42 Å². The molecule has 138 valence electrons. The summed E-state index contributed by atoms with van der Waals surface area (Å²) < 4.78 is 5.07. The number of halogens is 2. The van der Waals surface area contributed by atoms with Gasteiger partial charge in [0.25, 0.3) is 5.91 Å². The van der Waals surface area contributed by atoms with Crippen molar-refractivity contribution in [1.82, 2.24) is 16.2 Å². The van der Waals surface area contributed by atoms with Gasteiger partial charge in [0, 0.05) is 11.6 Å². The fourth-order valence-corrected chi connectivity index (χ4v) is 3.91. The molecule has 3 atom stereocenters. The number of benzene rings is 1. The van der Waals surface area contributed by atoms with Crippen LogP contribution in [0.3, 0.4) is 0 Å². The summed E-state index contributed by atoms with van der Waals surface area (Å²) in [7, 11) is 1.46. The Hall–Kier alpha value is -1.24. The molecule has 0 heterocycles. The zero-order valence-electron chi connectivity index (χ0n) is 14.5. The van der Waals surface area contributed by atoms with Crippen molar-refractivity contribution in [2.45, 2.75) is 39.2 Å². The molecule has 0 saturated heterocycles. The van der Waals surface area contributed by atoms with Crippen LogP contribution in [0.15, 0.2) is 12.1 Å². The van der Waals surface area contributed by atoms with Crippen molar-refractivity contribution in [2.24, 2.45) is 11.8 Å². The van der Waals surface area contributed by atoms with E-state index in [-0.39, 0.29) is 16.0 Å². The number of carbonyl (C=O) groups is 1. The standard InChI is InChI=1S/C17H23Cl2N3O2S/c1-9-5-4-6-14(10(9)2)20-17(25)22-21-16(23)11-7-12(18)15(24-3)13(19)8-11/h7-10,14H,4-6H2,1-3H3,(H,21,23)(H2,20,22,25)/t9-,10-,14-/m1/s1. The first-order valence-corrected chi connectivity index (χ1v) is 9.39. The van der Waals surface area contributed by atoms with E-state index in [1.165, 1.54) is 32.1 Å². The maximum absolute atomic E-state index is 12.2. The van der Waals surface area contributed by atoms with Gasteiger partial charge in [-0.2, -0.15) is 0 Å². The van der Waals surface area contributed by atoms with E-state index in [1.54, 1.807) is 0 Å². The highest BCUT2D eigenvalue weighted by Crippen LogP contribution is 2.33. The van der Waals surface area contributed by atoms with Crippen LogP contribution in [-0.4, -0.2) is 24.2 Å². The van der Waals surface area contributed by atoms with Gasteiger partial charge in [-0.15, -0.1) is 0 Å². The molecule has 25 heavy (non-hydrogen) atoms. The van der Waals surface area contributed by atoms with Crippen LogP contribution >= 0.6 is 35.4 Å². The Morgan fingerprint density at radius 3 is 2.44 bits per heavy atom. The summed E-state index contributed by atoms with van der Waals surface area (Å²) in [6.07, 6.45) is 3.50. The zero-order valence-corrected chi connectivity index (χ0v) is 16.8. The Kier molecular flexibility index (Phi) is 7.16. The van der Waals surface area contributed by atoms with Crippen molar-refractivity contribution < 1.29 is 9.53 Å². The van der Waals surface area contributed by atoms with Crippen molar-refractivity contribution in [2.75, 3.05) is 7.11 Å². The van der Waals surface area contributed by atoms with Gasteiger partial charge >= 0.3 is 0 Å². The van der Waals surface area contributed by atoms with Crippen LogP contribution in [0.4, 0.5) is 0 Å². The van der Waals surface area contributed by atoms with Crippen molar-refractivity contribution in [3.63, 3.8) is 0 Å². The number of hydrogen-bond donors (Lipinski definition) is 3. The Morgan fingerprint density at radius 1 is 1.20 bits per heavy atom. The topological polar surface area (TPSA) is 62.4 Å². The molecule has 1 aliphatic carbocycles. The Balaban J connectivity index is 1.90. The third-order valence-corrected chi connectivity index (χ3v) is 5.56. The number of amides is 1. The number of nitrogens with one attached hydrogen (secondary N) is 3. The van der Waals surface area contributed by atoms with Crippen LogP contribution in [0, 0.1) is 11.8 Å². The quantitative estimate of drug-likeness (QED) is 0.526. The molecule has 0 spiro atoms. The average Bonchev–Trinajstić information content (AvgIpc) is 2.56. The third-order valence-electron chi connectivity index (χ3n) is 4.78. The molecular formula is C17H23Cl2N3O2S. The van der Waals surface area contributed by atoms with Gasteiger partial charge in [0.15, 0.2) is 10.9 Å². The summed E-state index contributed by atoms with van der Waals surface area (Å²) in [4.78, 5) is 12.2. The molecule has 1 saturated carbocycles. The smallest absolute Gasteiger partial charge is 0.269 e. The molecule has 3 N–H and O–H groups in total. The molecule has 0 unspecified atom stereocenters. The van der Waals surface area contributed by atoms with E-state index in [0.29, 0.717) is 34.3 Å². The second kappa shape index (κ2) is 8.92. The monoisotopic (exact) mass is 403 g/mol. The molecule has 1 fully saturated rings. The largest absolute Gasteiger partial charge is 0.494 e. The first kappa shape index (κ1) is 20.1. The molecule has 1 aliphatic rings. The SMILES string of the molecule is COc1c(Cl)cc(C(=O)NNC(=S)N[C@@H]2CCC[C@@H](C)[C@H]2C)cc1Cl. The maximum atomic E-state index is 12.2. The minimum atomic E-state index is -0.388. The summed E-state index contributed by atoms with van der Waals surface area (Å²) in [5.74, 6) is 1.14. The minimum Gasteiger partial charge on any atom is -0.494 e. The molecule has 5 nitrogen and oxygen atoms in total. The summed E-state index contributed by atoms with van der Waals surface area (Å²) in [5.41, 5.74) is 5.60. The van der Waals surface area contributed by atoms with Crippen LogP contribution < -0.4 is 20.9 Å². The predicted molar refractivity (Wildman–Crippen MR) is 105 cm³/mol. The highest BCUT2D eigenvalue weighted by molar-refractivity contribution is 7.80. The number of hydrazine groups is 1. The van der Waals surface area contributed by atoms with Gasteiger partial charge in [-0.1, -0.05) is 49.9 Å². The third kappa shape index (κ3) is 5.12. The van der Waals surface area contributed by atoms with Gasteiger partial charge in [-0.3, -0.25) is 15.6 Å². The Morgan fingerprint density at radius 2 is 1.84 bits per heavy atom. The van der Waals surface area contributed by atoms with Crippen molar-refractivity contribution in [1.29, 1.82) is 0 Å². The molecule has 8 heteroatoms. The van der Waals surface area contributed by atoms with Crippen LogP contribution in [0.25, 0.3) is 0 Å². The fourth-order valence-electron chi connectivity index (χ4n) is 3.06. The van der Waals surface area contributed by atoms with Crippen LogP contribution in [-0.2, 0) is 0 Å². The minimum absolute atomic E-state index is 0.269. The lowest BCUT2D eigenvalue weighted by Crippen LogP contribution is -2.52. The fraction of sp³-hybridized carbons (Fsp3) is 0.529. The normalized spacial score (nSPS) is 22.8. The molecular weight excluding hydrogens is 381 g/mol. The van der Waals surface area contributed by atoms with Crippen LogP contribution in [0.5, 0.6) is 5.75 Å². The molecule has 0 bridgehead atoms. The van der Waals surface area contributed by atoms with Crippen LogP contribution in [0.1, 0.15) is 43.5 Å². The molecule has 0 radical (unpaired) electrons. The van der Waals surface area contributed by atoms with Gasteiger partial charge in [-0.05, 0) is 42.6 Å². The van der Waals surface area contributed by atoms with E-state index >= 15 is 0 Å². The van der Waals surface area contributed by atoms with Crippen molar-refractivity contribution >= 4 is 46.4 Å². The van der Waals surface area contributed by atoms with Gasteiger partial charge in [0.2, 0.25) is 0 Å². The second-order valence-corrected chi connectivity index (χ2v) is 7.62. The summed E-state index contributed by atoms with van der Waals surface area (Å²) in [6.45, 7) is 4.48. The highest BCUT2D eigenvalue weighted by atomic mass is 35.5. The summed E-state index contributed by atoms with van der Waals surface area (Å²) in [6, 6.07) is 3.29. The molecule has 1 aromatic carbocycles. The molecule has 1 amide bonds. The molecule has 0 aliphatic heterocycles. The number of rotatable bonds is 3. The average molecular weight is 404 g/mol. The molecule has 2 rings (SSSR count). The lowest BCUT2D eigenvalue weighted by Gasteiger charge is -2.35. The summed E-state index contributed by atoms with van der Waals surface area (Å²) >= 11 is 17.4. The highest BCUT2D eigenvalue weighted by Gasteiger charge is 2.27. The Bertz CT molecular complexity index is 634. The molecule has 0 aromatic heterocycles. The maximum Gasteiger partial charge on any atom is 0.269 e. The first-order valence-electron chi connectivity index (χ1n) is 8.23. The van der Waals surface area contributed by atoms with Crippen molar-refractivity contribution in [3.8, 4) is 5.75 Å². The number of methoxy groups -OCH3 is 1. The van der Waals surface area contributed by atoms with Crippen molar-refractivity contribution in [3.05, 3.63) is 27.7 Å². The predicted octanol–water partition coefficient (Wildman–Crippen LogP) is 3.94.